The molecule has 1 aromatic carbocycles. The Morgan fingerprint density at radius 3 is 2.94 bits per heavy atom. The summed E-state index contributed by atoms with van der Waals surface area (Å²) in [5.41, 5.74) is 2.68. The van der Waals surface area contributed by atoms with Crippen molar-refractivity contribution in [3.63, 3.8) is 0 Å². The van der Waals surface area contributed by atoms with Gasteiger partial charge in [-0.3, -0.25) is 4.79 Å². The maximum Gasteiger partial charge on any atom is 0.220 e. The normalized spacial score (nSPS) is 16.8. The van der Waals surface area contributed by atoms with Crippen LogP contribution in [0.25, 0.3) is 0 Å². The van der Waals surface area contributed by atoms with Crippen LogP contribution in [0.3, 0.4) is 0 Å². The highest BCUT2D eigenvalue weighted by atomic mass is 35.5. The zero-order valence-electron chi connectivity index (χ0n) is 10.7. The molecule has 100 valence electrons. The van der Waals surface area contributed by atoms with E-state index in [0.717, 1.165) is 25.8 Å². The van der Waals surface area contributed by atoms with E-state index in [-0.39, 0.29) is 24.4 Å². The minimum absolute atomic E-state index is 0. The van der Waals surface area contributed by atoms with Gasteiger partial charge in [0.25, 0.3) is 0 Å². The Kier molecular flexibility index (Phi) is 6.16. The lowest BCUT2D eigenvalue weighted by Gasteiger charge is -2.14. The summed E-state index contributed by atoms with van der Waals surface area (Å²) in [4.78, 5) is 11.7. The number of amides is 1. The van der Waals surface area contributed by atoms with E-state index in [2.05, 4.69) is 28.8 Å². The van der Waals surface area contributed by atoms with Crippen LogP contribution in [-0.2, 0) is 11.2 Å². The molecule has 4 heteroatoms. The van der Waals surface area contributed by atoms with Crippen molar-refractivity contribution in [1.82, 2.24) is 10.6 Å². The van der Waals surface area contributed by atoms with Gasteiger partial charge in [0, 0.05) is 6.42 Å². The van der Waals surface area contributed by atoms with Crippen molar-refractivity contribution >= 4 is 18.3 Å². The van der Waals surface area contributed by atoms with Crippen LogP contribution < -0.4 is 10.6 Å². The number of aryl methyl sites for hydroxylation is 1. The molecule has 0 saturated heterocycles. The molecule has 18 heavy (non-hydrogen) atoms. The Bertz CT molecular complexity index is 395. The summed E-state index contributed by atoms with van der Waals surface area (Å²) in [5.74, 6) is 0.168. The molecule has 0 heterocycles. The Labute approximate surface area is 115 Å². The van der Waals surface area contributed by atoms with Gasteiger partial charge in [-0.25, -0.2) is 0 Å². The maximum atomic E-state index is 11.7. The Hall–Kier alpha value is -1.06. The summed E-state index contributed by atoms with van der Waals surface area (Å²) in [6, 6.07) is 8.62. The van der Waals surface area contributed by atoms with Crippen LogP contribution in [0.5, 0.6) is 0 Å². The molecule has 0 bridgehead atoms. The lowest BCUT2D eigenvalue weighted by Crippen LogP contribution is -2.27. The van der Waals surface area contributed by atoms with Gasteiger partial charge in [-0.05, 0) is 44.0 Å². The van der Waals surface area contributed by atoms with Gasteiger partial charge in [-0.1, -0.05) is 24.3 Å². The number of carbonyl (C=O) groups is 1. The molecule has 1 amide bonds. The zero-order valence-corrected chi connectivity index (χ0v) is 11.6. The lowest BCUT2D eigenvalue weighted by molar-refractivity contribution is -0.121. The van der Waals surface area contributed by atoms with E-state index in [1.165, 1.54) is 11.1 Å². The van der Waals surface area contributed by atoms with Crippen LogP contribution in [0.4, 0.5) is 0 Å². The average Bonchev–Trinajstić information content (AvgIpc) is 2.73. The van der Waals surface area contributed by atoms with Crippen molar-refractivity contribution in [3.05, 3.63) is 35.4 Å². The van der Waals surface area contributed by atoms with E-state index < -0.39 is 0 Å². The summed E-state index contributed by atoms with van der Waals surface area (Å²) in [5, 5.41) is 6.18. The molecule has 3 nitrogen and oxygen atoms in total. The largest absolute Gasteiger partial charge is 0.349 e. The lowest BCUT2D eigenvalue weighted by atomic mass is 10.1. The van der Waals surface area contributed by atoms with Gasteiger partial charge in [0.15, 0.2) is 0 Å². The number of nitrogens with one attached hydrogen (secondary N) is 2. The summed E-state index contributed by atoms with van der Waals surface area (Å²) in [7, 11) is 1.91. The Morgan fingerprint density at radius 1 is 1.39 bits per heavy atom. The smallest absolute Gasteiger partial charge is 0.220 e. The van der Waals surface area contributed by atoms with Crippen LogP contribution >= 0.6 is 12.4 Å². The quantitative estimate of drug-likeness (QED) is 0.804. The molecule has 2 rings (SSSR count). The molecule has 1 unspecified atom stereocenters. The Morgan fingerprint density at radius 2 is 2.17 bits per heavy atom. The fourth-order valence-corrected chi connectivity index (χ4v) is 2.40. The predicted molar refractivity (Wildman–Crippen MR) is 76.1 cm³/mol. The molecule has 0 fully saturated rings. The van der Waals surface area contributed by atoms with Gasteiger partial charge in [-0.2, -0.15) is 0 Å². The number of benzene rings is 1. The first-order valence-corrected chi connectivity index (χ1v) is 6.33. The van der Waals surface area contributed by atoms with Gasteiger partial charge < -0.3 is 10.6 Å². The van der Waals surface area contributed by atoms with Gasteiger partial charge in [0.1, 0.15) is 0 Å². The molecule has 0 spiro atoms. The molecule has 1 aromatic rings. The summed E-state index contributed by atoms with van der Waals surface area (Å²) < 4.78 is 0. The first-order chi connectivity index (χ1) is 8.31. The number of carbonyl (C=O) groups excluding carboxylic acids is 1. The fraction of sp³-hybridized carbons (Fsp3) is 0.500. The van der Waals surface area contributed by atoms with E-state index in [0.29, 0.717) is 6.42 Å². The molecular formula is C14H21ClN2O. The number of hydrogen-bond donors (Lipinski definition) is 2. The summed E-state index contributed by atoms with van der Waals surface area (Å²) >= 11 is 0. The third-order valence-electron chi connectivity index (χ3n) is 3.30. The molecule has 0 radical (unpaired) electrons. The highest BCUT2D eigenvalue weighted by Crippen LogP contribution is 2.30. The maximum absolute atomic E-state index is 11.7. The molecule has 1 aliphatic carbocycles. The SMILES string of the molecule is CNCCCC(=O)NC1CCc2ccccc21.Cl. The molecule has 0 saturated carbocycles. The zero-order chi connectivity index (χ0) is 12.1. The first-order valence-electron chi connectivity index (χ1n) is 6.33. The van der Waals surface area contributed by atoms with Gasteiger partial charge in [-0.15, -0.1) is 12.4 Å². The molecule has 0 aliphatic heterocycles. The third-order valence-corrected chi connectivity index (χ3v) is 3.30. The number of hydrogen-bond acceptors (Lipinski definition) is 2. The number of fused-ring (bicyclic) bond motifs is 1. The van der Waals surface area contributed by atoms with Crippen LogP contribution in [0, 0.1) is 0 Å². The average molecular weight is 269 g/mol. The molecule has 1 aliphatic rings. The Balaban J connectivity index is 0.00000162. The summed E-state index contributed by atoms with van der Waals surface area (Å²) in [6.45, 7) is 0.897. The van der Waals surface area contributed by atoms with Crippen molar-refractivity contribution < 1.29 is 4.79 Å². The fourth-order valence-electron chi connectivity index (χ4n) is 2.40. The third kappa shape index (κ3) is 3.72. The predicted octanol–water partition coefficient (Wildman–Crippen LogP) is 2.21. The topological polar surface area (TPSA) is 41.1 Å². The summed E-state index contributed by atoms with van der Waals surface area (Å²) in [6.07, 6.45) is 3.63. The second kappa shape index (κ2) is 7.39. The van der Waals surface area contributed by atoms with Gasteiger partial charge in [0.2, 0.25) is 5.91 Å². The number of rotatable bonds is 5. The molecular weight excluding hydrogens is 248 g/mol. The van der Waals surface area contributed by atoms with E-state index in [1.54, 1.807) is 0 Å². The van der Waals surface area contributed by atoms with Gasteiger partial charge >= 0.3 is 0 Å². The van der Waals surface area contributed by atoms with Crippen molar-refractivity contribution in [3.8, 4) is 0 Å². The van der Waals surface area contributed by atoms with E-state index in [9.17, 15) is 4.79 Å². The van der Waals surface area contributed by atoms with Gasteiger partial charge in [0.05, 0.1) is 6.04 Å². The van der Waals surface area contributed by atoms with Crippen LogP contribution in [-0.4, -0.2) is 19.5 Å². The van der Waals surface area contributed by atoms with Crippen molar-refractivity contribution in [1.29, 1.82) is 0 Å². The van der Waals surface area contributed by atoms with Crippen molar-refractivity contribution in [2.75, 3.05) is 13.6 Å². The minimum atomic E-state index is 0. The van der Waals surface area contributed by atoms with E-state index >= 15 is 0 Å². The minimum Gasteiger partial charge on any atom is -0.349 e. The van der Waals surface area contributed by atoms with E-state index in [4.69, 9.17) is 0 Å². The van der Waals surface area contributed by atoms with Crippen LogP contribution in [0.2, 0.25) is 0 Å². The van der Waals surface area contributed by atoms with Crippen molar-refractivity contribution in [2.45, 2.75) is 31.7 Å². The second-order valence-electron chi connectivity index (χ2n) is 4.56. The number of halogens is 1. The van der Waals surface area contributed by atoms with Crippen molar-refractivity contribution in [2.24, 2.45) is 0 Å². The molecule has 2 N–H and O–H groups in total. The monoisotopic (exact) mass is 268 g/mol. The first kappa shape index (κ1) is 15.0. The second-order valence-corrected chi connectivity index (χ2v) is 4.56. The van der Waals surface area contributed by atoms with Crippen LogP contribution in [0.1, 0.15) is 36.4 Å². The van der Waals surface area contributed by atoms with Crippen LogP contribution in [0.15, 0.2) is 24.3 Å². The molecule has 1 atom stereocenters. The molecule has 0 aromatic heterocycles. The highest BCUT2D eigenvalue weighted by molar-refractivity contribution is 5.85. The van der Waals surface area contributed by atoms with E-state index in [1.807, 2.05) is 13.1 Å². The highest BCUT2D eigenvalue weighted by Gasteiger charge is 2.22. The standard InChI is InChI=1S/C14H20N2O.ClH/c1-15-10-4-7-14(17)16-13-9-8-11-5-2-3-6-12(11)13;/h2-3,5-6,13,15H,4,7-10H2,1H3,(H,16,17);1H.